The van der Waals surface area contributed by atoms with Gasteiger partial charge >= 0.3 is 0 Å². The molecule has 0 spiro atoms. The molecule has 1 N–H and O–H groups in total. The van der Waals surface area contributed by atoms with Gasteiger partial charge in [-0.3, -0.25) is 9.10 Å². The monoisotopic (exact) mass is 380 g/mol. The lowest BCUT2D eigenvalue weighted by Crippen LogP contribution is -2.28. The van der Waals surface area contributed by atoms with Crippen molar-refractivity contribution >= 4 is 21.6 Å². The Labute approximate surface area is 152 Å². The van der Waals surface area contributed by atoms with Crippen LogP contribution in [0.2, 0.25) is 0 Å². The van der Waals surface area contributed by atoms with Crippen molar-refractivity contribution in [1.29, 1.82) is 0 Å². The molecule has 0 bridgehead atoms. The highest BCUT2D eigenvalue weighted by molar-refractivity contribution is 7.92. The number of halogens is 1. The van der Waals surface area contributed by atoms with Crippen molar-refractivity contribution in [1.82, 2.24) is 5.32 Å². The van der Waals surface area contributed by atoms with Crippen molar-refractivity contribution < 1.29 is 22.3 Å². The summed E-state index contributed by atoms with van der Waals surface area (Å²) in [5.41, 5.74) is 0.146. The summed E-state index contributed by atoms with van der Waals surface area (Å²) in [6.07, 6.45) is 0.649. The average molecular weight is 380 g/mol. The third-order valence-corrected chi connectivity index (χ3v) is 5.52. The molecule has 1 amide bonds. The first-order chi connectivity index (χ1) is 12.4. The first kappa shape index (κ1) is 19.9. The molecule has 2 aromatic carbocycles. The number of sulfonamides is 1. The predicted octanol–water partition coefficient (Wildman–Crippen LogP) is 2.42. The molecule has 6 nitrogen and oxygen atoms in total. The van der Waals surface area contributed by atoms with E-state index in [1.54, 1.807) is 13.2 Å². The van der Waals surface area contributed by atoms with Crippen LogP contribution in [-0.2, 0) is 14.8 Å². The molecule has 0 saturated carbocycles. The molecule has 2 aromatic rings. The molecule has 8 heteroatoms. The third kappa shape index (κ3) is 4.59. The van der Waals surface area contributed by atoms with Gasteiger partial charge in [0.25, 0.3) is 15.9 Å². The summed E-state index contributed by atoms with van der Waals surface area (Å²) in [6, 6.07) is 11.2. The number of anilines is 1. The molecule has 0 aliphatic carbocycles. The second-order valence-electron chi connectivity index (χ2n) is 5.55. The maximum atomic E-state index is 13.9. The molecular formula is C18H21FN2O4S. The number of hydrogen-bond acceptors (Lipinski definition) is 4. The van der Waals surface area contributed by atoms with E-state index in [0.717, 1.165) is 4.31 Å². The number of ether oxygens (including phenoxy) is 1. The number of methoxy groups -OCH3 is 1. The van der Waals surface area contributed by atoms with E-state index in [9.17, 15) is 17.6 Å². The Morgan fingerprint density at radius 3 is 2.62 bits per heavy atom. The molecule has 0 aliphatic rings. The van der Waals surface area contributed by atoms with Crippen molar-refractivity contribution in [3.8, 4) is 0 Å². The molecule has 2 rings (SSSR count). The molecule has 26 heavy (non-hydrogen) atoms. The first-order valence-corrected chi connectivity index (χ1v) is 9.42. The topological polar surface area (TPSA) is 75.7 Å². The molecular weight excluding hydrogens is 359 g/mol. The lowest BCUT2D eigenvalue weighted by molar-refractivity contribution is 0.0948. The lowest BCUT2D eigenvalue weighted by Gasteiger charge is -2.20. The Balaban J connectivity index is 2.22. The number of carbonyl (C=O) groups excluding carboxylic acids is 1. The number of carbonyl (C=O) groups is 1. The Morgan fingerprint density at radius 1 is 1.19 bits per heavy atom. The molecule has 0 fully saturated rings. The highest BCUT2D eigenvalue weighted by Crippen LogP contribution is 2.24. The highest BCUT2D eigenvalue weighted by atomic mass is 32.2. The summed E-state index contributed by atoms with van der Waals surface area (Å²) < 4.78 is 45.2. The van der Waals surface area contributed by atoms with E-state index < -0.39 is 15.8 Å². The largest absolute Gasteiger partial charge is 0.385 e. The van der Waals surface area contributed by atoms with Crippen LogP contribution >= 0.6 is 0 Å². The van der Waals surface area contributed by atoms with Crippen molar-refractivity contribution in [2.24, 2.45) is 0 Å². The zero-order chi connectivity index (χ0) is 19.2. The van der Waals surface area contributed by atoms with Crippen LogP contribution in [0, 0.1) is 5.82 Å². The maximum absolute atomic E-state index is 13.9. The van der Waals surface area contributed by atoms with Crippen LogP contribution in [-0.4, -0.2) is 41.6 Å². The zero-order valence-electron chi connectivity index (χ0n) is 14.6. The van der Waals surface area contributed by atoms with Gasteiger partial charge in [0.2, 0.25) is 0 Å². The van der Waals surface area contributed by atoms with E-state index in [1.165, 1.54) is 49.5 Å². The number of amides is 1. The highest BCUT2D eigenvalue weighted by Gasteiger charge is 2.24. The Morgan fingerprint density at radius 2 is 1.92 bits per heavy atom. The normalized spacial score (nSPS) is 11.2. The summed E-state index contributed by atoms with van der Waals surface area (Å²) in [7, 11) is -1.17. The number of hydrogen-bond donors (Lipinski definition) is 1. The van der Waals surface area contributed by atoms with Gasteiger partial charge in [0.05, 0.1) is 10.6 Å². The fourth-order valence-corrected chi connectivity index (χ4v) is 3.56. The molecule has 0 heterocycles. The second kappa shape index (κ2) is 8.77. The van der Waals surface area contributed by atoms with E-state index in [4.69, 9.17) is 4.74 Å². The number of nitrogens with zero attached hydrogens (tertiary/aromatic N) is 1. The smallest absolute Gasteiger partial charge is 0.264 e. The minimum Gasteiger partial charge on any atom is -0.385 e. The minimum atomic E-state index is -4.01. The lowest BCUT2D eigenvalue weighted by atomic mass is 10.2. The van der Waals surface area contributed by atoms with E-state index in [1.807, 2.05) is 0 Å². The number of rotatable bonds is 8. The van der Waals surface area contributed by atoms with Gasteiger partial charge in [-0.05, 0) is 36.8 Å². The van der Waals surface area contributed by atoms with Crippen molar-refractivity contribution in [2.45, 2.75) is 11.3 Å². The van der Waals surface area contributed by atoms with E-state index >= 15 is 0 Å². The summed E-state index contributed by atoms with van der Waals surface area (Å²) >= 11 is 0. The Hall–Kier alpha value is -2.45. The molecule has 140 valence electrons. The van der Waals surface area contributed by atoms with E-state index in [-0.39, 0.29) is 22.1 Å². The Kier molecular flexibility index (Phi) is 6.70. The van der Waals surface area contributed by atoms with Gasteiger partial charge in [-0.2, -0.15) is 0 Å². The summed E-state index contributed by atoms with van der Waals surface area (Å²) in [6.45, 7) is 0.931. The van der Waals surface area contributed by atoms with Crippen LogP contribution in [0.1, 0.15) is 16.8 Å². The minimum absolute atomic E-state index is 0.0677. The molecule has 0 atom stereocenters. The van der Waals surface area contributed by atoms with Gasteiger partial charge in [0.15, 0.2) is 0 Å². The predicted molar refractivity (Wildman–Crippen MR) is 97.3 cm³/mol. The van der Waals surface area contributed by atoms with Gasteiger partial charge in [-0.25, -0.2) is 12.8 Å². The second-order valence-corrected chi connectivity index (χ2v) is 7.52. The quantitative estimate of drug-likeness (QED) is 0.714. The fraction of sp³-hybridized carbons (Fsp3) is 0.278. The van der Waals surface area contributed by atoms with Crippen LogP contribution in [0.3, 0.4) is 0 Å². The van der Waals surface area contributed by atoms with E-state index in [0.29, 0.717) is 19.6 Å². The van der Waals surface area contributed by atoms with Crippen LogP contribution < -0.4 is 9.62 Å². The summed E-state index contributed by atoms with van der Waals surface area (Å²) in [5, 5.41) is 2.70. The number of benzene rings is 2. The van der Waals surface area contributed by atoms with Crippen LogP contribution in [0.25, 0.3) is 0 Å². The molecule has 0 radical (unpaired) electrons. The standard InChI is InChI=1S/C18H21FN2O4S/c1-21(17-10-4-3-9-16(17)19)26(23,24)15-8-5-7-14(13-15)18(22)20-11-6-12-25-2/h3-5,7-10,13H,6,11-12H2,1-2H3,(H,20,22). The zero-order valence-corrected chi connectivity index (χ0v) is 15.4. The molecule has 0 aliphatic heterocycles. The number of para-hydroxylation sites is 1. The van der Waals surface area contributed by atoms with Crippen LogP contribution in [0.4, 0.5) is 10.1 Å². The summed E-state index contributed by atoms with van der Waals surface area (Å²) in [4.78, 5) is 12.1. The van der Waals surface area contributed by atoms with Gasteiger partial charge < -0.3 is 10.1 Å². The van der Waals surface area contributed by atoms with E-state index in [2.05, 4.69) is 5.32 Å². The molecule has 0 unspecified atom stereocenters. The van der Waals surface area contributed by atoms with Crippen LogP contribution in [0.5, 0.6) is 0 Å². The molecule has 0 saturated heterocycles. The Bertz CT molecular complexity index is 871. The SMILES string of the molecule is COCCCNC(=O)c1cccc(S(=O)(=O)N(C)c2ccccc2F)c1. The van der Waals surface area contributed by atoms with Gasteiger partial charge in [0, 0.05) is 32.9 Å². The summed E-state index contributed by atoms with van der Waals surface area (Å²) in [5.74, 6) is -1.03. The fourth-order valence-electron chi connectivity index (χ4n) is 2.31. The van der Waals surface area contributed by atoms with Gasteiger partial charge in [-0.1, -0.05) is 18.2 Å². The van der Waals surface area contributed by atoms with Crippen LogP contribution in [0.15, 0.2) is 53.4 Å². The van der Waals surface area contributed by atoms with Crippen molar-refractivity contribution in [2.75, 3.05) is 31.6 Å². The maximum Gasteiger partial charge on any atom is 0.264 e. The number of nitrogens with one attached hydrogen (secondary N) is 1. The first-order valence-electron chi connectivity index (χ1n) is 7.98. The van der Waals surface area contributed by atoms with Crippen molar-refractivity contribution in [3.05, 3.63) is 59.9 Å². The van der Waals surface area contributed by atoms with Gasteiger partial charge in [0.1, 0.15) is 5.82 Å². The average Bonchev–Trinajstić information content (AvgIpc) is 2.65. The molecule has 0 aromatic heterocycles. The van der Waals surface area contributed by atoms with Crippen molar-refractivity contribution in [3.63, 3.8) is 0 Å². The third-order valence-electron chi connectivity index (χ3n) is 3.76. The van der Waals surface area contributed by atoms with Gasteiger partial charge in [-0.15, -0.1) is 0 Å².